The number of nitrogens with one attached hydrogen (secondary N) is 1. The van der Waals surface area contributed by atoms with Crippen molar-refractivity contribution in [2.75, 3.05) is 23.8 Å². The number of aryl methyl sites for hydroxylation is 1. The van der Waals surface area contributed by atoms with Crippen LogP contribution in [0.2, 0.25) is 0 Å². The molecule has 0 aliphatic carbocycles. The predicted molar refractivity (Wildman–Crippen MR) is 76.3 cm³/mol. The molecule has 1 aliphatic rings. The summed E-state index contributed by atoms with van der Waals surface area (Å²) >= 11 is 0. The van der Waals surface area contributed by atoms with Gasteiger partial charge in [0.15, 0.2) is 0 Å². The van der Waals surface area contributed by atoms with E-state index in [4.69, 9.17) is 4.98 Å². The Bertz CT molecular complexity index is 430. The number of nitrogens with zero attached hydrogens (tertiary/aromatic N) is 3. The van der Waals surface area contributed by atoms with Gasteiger partial charge >= 0.3 is 0 Å². The van der Waals surface area contributed by atoms with Crippen molar-refractivity contribution in [3.63, 3.8) is 0 Å². The highest BCUT2D eigenvalue weighted by molar-refractivity contribution is 5.59. The van der Waals surface area contributed by atoms with Gasteiger partial charge in [-0.1, -0.05) is 13.8 Å². The normalized spacial score (nSPS) is 23.5. The monoisotopic (exact) mass is 248 g/mol. The van der Waals surface area contributed by atoms with Gasteiger partial charge in [-0.3, -0.25) is 0 Å². The fourth-order valence-electron chi connectivity index (χ4n) is 2.83. The van der Waals surface area contributed by atoms with Crippen LogP contribution in [0.25, 0.3) is 0 Å². The maximum Gasteiger partial charge on any atom is 0.137 e. The molecule has 0 aromatic carbocycles. The van der Waals surface area contributed by atoms with E-state index < -0.39 is 0 Å². The maximum absolute atomic E-state index is 4.74. The van der Waals surface area contributed by atoms with Crippen LogP contribution >= 0.6 is 0 Å². The minimum atomic E-state index is 0.572. The molecule has 2 heterocycles. The molecule has 1 aliphatic heterocycles. The largest absolute Gasteiger partial charge is 0.373 e. The predicted octanol–water partition coefficient (Wildman–Crippen LogP) is 2.62. The van der Waals surface area contributed by atoms with Gasteiger partial charge in [-0.2, -0.15) is 0 Å². The highest BCUT2D eigenvalue weighted by Gasteiger charge is 2.29. The van der Waals surface area contributed by atoms with Crippen LogP contribution in [0.15, 0.2) is 0 Å². The summed E-state index contributed by atoms with van der Waals surface area (Å²) in [7, 11) is 1.93. The van der Waals surface area contributed by atoms with Gasteiger partial charge in [-0.25, -0.2) is 9.97 Å². The maximum atomic E-state index is 4.74. The van der Waals surface area contributed by atoms with Crippen molar-refractivity contribution >= 4 is 11.6 Å². The molecule has 4 heteroatoms. The van der Waals surface area contributed by atoms with Crippen molar-refractivity contribution in [1.82, 2.24) is 9.97 Å². The van der Waals surface area contributed by atoms with Gasteiger partial charge in [-0.05, 0) is 26.2 Å². The van der Waals surface area contributed by atoms with E-state index in [0.29, 0.717) is 6.04 Å². The first-order valence-corrected chi connectivity index (χ1v) is 6.88. The topological polar surface area (TPSA) is 41.1 Å². The molecule has 2 unspecified atom stereocenters. The van der Waals surface area contributed by atoms with E-state index in [-0.39, 0.29) is 0 Å². The third kappa shape index (κ3) is 2.28. The smallest absolute Gasteiger partial charge is 0.137 e. The lowest BCUT2D eigenvalue weighted by Crippen LogP contribution is -2.29. The number of hydrogen-bond acceptors (Lipinski definition) is 4. The molecule has 1 saturated heterocycles. The Morgan fingerprint density at radius 3 is 2.56 bits per heavy atom. The molecule has 2 rings (SSSR count). The lowest BCUT2D eigenvalue weighted by Gasteiger charge is -2.25. The summed E-state index contributed by atoms with van der Waals surface area (Å²) in [5.41, 5.74) is 1.16. The summed E-state index contributed by atoms with van der Waals surface area (Å²) in [5, 5.41) is 3.18. The average molecular weight is 248 g/mol. The second-order valence-electron chi connectivity index (χ2n) is 5.38. The Kier molecular flexibility index (Phi) is 3.73. The van der Waals surface area contributed by atoms with Gasteiger partial charge in [0.05, 0.1) is 0 Å². The van der Waals surface area contributed by atoms with E-state index in [1.54, 1.807) is 0 Å². The van der Waals surface area contributed by atoms with Crippen LogP contribution in [0.1, 0.15) is 38.6 Å². The molecule has 0 amide bonds. The van der Waals surface area contributed by atoms with Crippen molar-refractivity contribution in [3.05, 3.63) is 11.4 Å². The van der Waals surface area contributed by atoms with Crippen LogP contribution in [-0.4, -0.2) is 29.6 Å². The molecular weight excluding hydrogens is 224 g/mol. The molecule has 100 valence electrons. The Balaban J connectivity index is 2.43. The second-order valence-corrected chi connectivity index (χ2v) is 5.38. The lowest BCUT2D eigenvalue weighted by atomic mass is 10.1. The van der Waals surface area contributed by atoms with Crippen LogP contribution in [0.4, 0.5) is 11.6 Å². The number of aromatic nitrogens is 2. The SMILES string of the molecule is CCc1nc(NC)c(C)c(N2CC(C)CC2C)n1. The van der Waals surface area contributed by atoms with Crippen LogP contribution in [0.5, 0.6) is 0 Å². The zero-order valence-electron chi connectivity index (χ0n) is 12.1. The van der Waals surface area contributed by atoms with E-state index in [9.17, 15) is 0 Å². The van der Waals surface area contributed by atoms with E-state index in [0.717, 1.165) is 41.9 Å². The third-order valence-electron chi connectivity index (χ3n) is 3.78. The Labute approximate surface area is 110 Å². The third-order valence-corrected chi connectivity index (χ3v) is 3.78. The summed E-state index contributed by atoms with van der Waals surface area (Å²) in [6.45, 7) is 9.91. The van der Waals surface area contributed by atoms with Gasteiger partial charge < -0.3 is 10.2 Å². The van der Waals surface area contributed by atoms with E-state index in [1.807, 2.05) is 7.05 Å². The van der Waals surface area contributed by atoms with Gasteiger partial charge in [0.2, 0.25) is 0 Å². The van der Waals surface area contributed by atoms with Crippen molar-refractivity contribution in [2.24, 2.45) is 5.92 Å². The molecule has 1 fully saturated rings. The standard InChI is InChI=1S/C14H24N4/c1-6-12-16-13(15-5)11(4)14(17-12)18-8-9(2)7-10(18)3/h9-10H,6-8H2,1-5H3,(H,15,16,17). The molecule has 0 bridgehead atoms. The fraction of sp³-hybridized carbons (Fsp3) is 0.714. The highest BCUT2D eigenvalue weighted by atomic mass is 15.2. The first-order valence-electron chi connectivity index (χ1n) is 6.88. The molecule has 1 N–H and O–H groups in total. The molecule has 18 heavy (non-hydrogen) atoms. The summed E-state index contributed by atoms with van der Waals surface area (Å²) < 4.78 is 0. The molecule has 0 saturated carbocycles. The summed E-state index contributed by atoms with van der Waals surface area (Å²) in [4.78, 5) is 11.7. The first kappa shape index (κ1) is 13.1. The Morgan fingerprint density at radius 2 is 2.06 bits per heavy atom. The van der Waals surface area contributed by atoms with Crippen LogP contribution < -0.4 is 10.2 Å². The molecule has 0 spiro atoms. The fourth-order valence-corrected chi connectivity index (χ4v) is 2.83. The lowest BCUT2D eigenvalue weighted by molar-refractivity contribution is 0.625. The van der Waals surface area contributed by atoms with E-state index >= 15 is 0 Å². The molecular formula is C14H24N4. The summed E-state index contributed by atoms with van der Waals surface area (Å²) in [6.07, 6.45) is 2.12. The van der Waals surface area contributed by atoms with Crippen LogP contribution in [-0.2, 0) is 6.42 Å². The zero-order valence-corrected chi connectivity index (χ0v) is 12.1. The summed E-state index contributed by atoms with van der Waals surface area (Å²) in [6, 6.07) is 0.572. The zero-order chi connectivity index (χ0) is 13.3. The number of anilines is 2. The molecule has 0 radical (unpaired) electrons. The Morgan fingerprint density at radius 1 is 1.33 bits per heavy atom. The van der Waals surface area contributed by atoms with Gasteiger partial charge in [0.25, 0.3) is 0 Å². The van der Waals surface area contributed by atoms with Crippen molar-refractivity contribution in [1.29, 1.82) is 0 Å². The Hall–Kier alpha value is -1.32. The minimum absolute atomic E-state index is 0.572. The van der Waals surface area contributed by atoms with E-state index in [2.05, 4.69) is 42.9 Å². The average Bonchev–Trinajstić information content (AvgIpc) is 2.68. The molecule has 1 aromatic rings. The number of rotatable bonds is 3. The molecule has 2 atom stereocenters. The minimum Gasteiger partial charge on any atom is -0.373 e. The van der Waals surface area contributed by atoms with Crippen molar-refractivity contribution in [2.45, 2.75) is 46.6 Å². The molecule has 1 aromatic heterocycles. The molecule has 4 nitrogen and oxygen atoms in total. The van der Waals surface area contributed by atoms with Crippen molar-refractivity contribution < 1.29 is 0 Å². The van der Waals surface area contributed by atoms with Gasteiger partial charge in [0, 0.05) is 31.6 Å². The second kappa shape index (κ2) is 5.12. The van der Waals surface area contributed by atoms with Gasteiger partial charge in [0.1, 0.15) is 17.5 Å². The van der Waals surface area contributed by atoms with Crippen LogP contribution in [0.3, 0.4) is 0 Å². The van der Waals surface area contributed by atoms with Gasteiger partial charge in [-0.15, -0.1) is 0 Å². The highest BCUT2D eigenvalue weighted by Crippen LogP contribution is 2.31. The quantitative estimate of drug-likeness (QED) is 0.892. The van der Waals surface area contributed by atoms with Crippen LogP contribution in [0, 0.1) is 12.8 Å². The first-order chi connectivity index (χ1) is 8.56. The van der Waals surface area contributed by atoms with Crippen molar-refractivity contribution in [3.8, 4) is 0 Å². The van der Waals surface area contributed by atoms with E-state index in [1.165, 1.54) is 6.42 Å². The summed E-state index contributed by atoms with van der Waals surface area (Å²) in [5.74, 6) is 3.75. The number of hydrogen-bond donors (Lipinski definition) is 1.